The maximum Gasteiger partial charge on any atom is 0.416 e. The van der Waals surface area contributed by atoms with E-state index in [1.807, 2.05) is 0 Å². The molecule has 1 aliphatic carbocycles. The van der Waals surface area contributed by atoms with E-state index < -0.39 is 34.8 Å². The Morgan fingerprint density at radius 1 is 1.05 bits per heavy atom. The van der Waals surface area contributed by atoms with Gasteiger partial charge in [-0.15, -0.1) is 0 Å². The molecule has 3 N–H and O–H groups in total. The molecule has 8 heteroatoms. The third-order valence-electron chi connectivity index (χ3n) is 3.92. The highest BCUT2D eigenvalue weighted by atomic mass is 19.4. The Morgan fingerprint density at radius 3 is 1.81 bits per heavy atom. The van der Waals surface area contributed by atoms with Crippen molar-refractivity contribution in [1.82, 2.24) is 0 Å². The van der Waals surface area contributed by atoms with Gasteiger partial charge in [0.15, 0.2) is 0 Å². The summed E-state index contributed by atoms with van der Waals surface area (Å²) in [4.78, 5) is 0. The van der Waals surface area contributed by atoms with Crippen molar-refractivity contribution >= 4 is 0 Å². The van der Waals surface area contributed by atoms with Crippen LogP contribution in [0.15, 0.2) is 18.2 Å². The fourth-order valence-corrected chi connectivity index (χ4v) is 2.46. The number of halogens is 6. The Labute approximate surface area is 116 Å². The van der Waals surface area contributed by atoms with Crippen molar-refractivity contribution in [2.45, 2.75) is 24.7 Å². The minimum Gasteiger partial charge on any atom is -0.396 e. The molecule has 21 heavy (non-hydrogen) atoms. The maximum atomic E-state index is 12.7. The predicted octanol–water partition coefficient (Wildman–Crippen LogP) is 3.15. The highest BCUT2D eigenvalue weighted by Crippen LogP contribution is 2.59. The van der Waals surface area contributed by atoms with Gasteiger partial charge in [0.2, 0.25) is 0 Å². The van der Waals surface area contributed by atoms with Gasteiger partial charge in [0.05, 0.1) is 17.7 Å². The maximum absolute atomic E-state index is 12.7. The first kappa shape index (κ1) is 16.1. The largest absolute Gasteiger partial charge is 0.416 e. The van der Waals surface area contributed by atoms with Gasteiger partial charge in [0.25, 0.3) is 0 Å². The van der Waals surface area contributed by atoms with E-state index in [4.69, 9.17) is 5.73 Å². The summed E-state index contributed by atoms with van der Waals surface area (Å²) in [5, 5.41) is 9.22. The molecule has 0 heterocycles. The summed E-state index contributed by atoms with van der Waals surface area (Å²) in [5.41, 5.74) is 1.86. The molecule has 2 nitrogen and oxygen atoms in total. The molecule has 1 aromatic carbocycles. The summed E-state index contributed by atoms with van der Waals surface area (Å²) in [7, 11) is 0. The standard InChI is InChI=1S/C13H13F6NO/c14-12(15,16)8-1-7(2-9(3-8)13(17,18)19)10-4-11(10,5-20)6-21/h1-3,10,21H,4-6,20H2. The van der Waals surface area contributed by atoms with Gasteiger partial charge in [0, 0.05) is 12.0 Å². The van der Waals surface area contributed by atoms with E-state index in [1.54, 1.807) is 0 Å². The first-order chi connectivity index (χ1) is 9.53. The number of benzene rings is 1. The van der Waals surface area contributed by atoms with Crippen LogP contribution in [0.25, 0.3) is 0 Å². The Balaban J connectivity index is 2.48. The van der Waals surface area contributed by atoms with E-state index in [2.05, 4.69) is 0 Å². The van der Waals surface area contributed by atoms with Crippen molar-refractivity contribution in [3.8, 4) is 0 Å². The molecule has 0 bridgehead atoms. The third-order valence-corrected chi connectivity index (χ3v) is 3.92. The van der Waals surface area contributed by atoms with E-state index in [-0.39, 0.29) is 31.2 Å². The molecule has 1 aliphatic rings. The van der Waals surface area contributed by atoms with Gasteiger partial charge in [-0.1, -0.05) is 0 Å². The lowest BCUT2D eigenvalue weighted by Gasteiger charge is -2.16. The van der Waals surface area contributed by atoms with E-state index >= 15 is 0 Å². The molecule has 2 rings (SSSR count). The lowest BCUT2D eigenvalue weighted by atomic mass is 9.96. The van der Waals surface area contributed by atoms with Crippen molar-refractivity contribution in [1.29, 1.82) is 0 Å². The Bertz CT molecular complexity index is 500. The minimum atomic E-state index is -4.87. The van der Waals surface area contributed by atoms with Crippen LogP contribution >= 0.6 is 0 Å². The Morgan fingerprint density at radius 2 is 1.52 bits per heavy atom. The number of nitrogens with two attached hydrogens (primary N) is 1. The average molecular weight is 313 g/mol. The zero-order valence-electron chi connectivity index (χ0n) is 10.7. The van der Waals surface area contributed by atoms with Crippen molar-refractivity contribution < 1.29 is 31.4 Å². The topological polar surface area (TPSA) is 46.2 Å². The molecule has 0 amide bonds. The number of hydrogen-bond acceptors (Lipinski definition) is 2. The smallest absolute Gasteiger partial charge is 0.396 e. The van der Waals surface area contributed by atoms with Crippen LogP contribution in [0.1, 0.15) is 29.0 Å². The van der Waals surface area contributed by atoms with Gasteiger partial charge >= 0.3 is 12.4 Å². The lowest BCUT2D eigenvalue weighted by Crippen LogP contribution is -2.21. The van der Waals surface area contributed by atoms with Gasteiger partial charge in [0.1, 0.15) is 0 Å². The fraction of sp³-hybridized carbons (Fsp3) is 0.538. The quantitative estimate of drug-likeness (QED) is 0.842. The van der Waals surface area contributed by atoms with Crippen LogP contribution in [-0.2, 0) is 12.4 Å². The average Bonchev–Trinajstić information content (AvgIpc) is 3.11. The zero-order valence-corrected chi connectivity index (χ0v) is 10.7. The summed E-state index contributed by atoms with van der Waals surface area (Å²) >= 11 is 0. The van der Waals surface area contributed by atoms with E-state index in [0.29, 0.717) is 12.1 Å². The monoisotopic (exact) mass is 313 g/mol. The molecule has 0 radical (unpaired) electrons. The van der Waals surface area contributed by atoms with Crippen LogP contribution in [-0.4, -0.2) is 18.3 Å². The molecule has 0 aromatic heterocycles. The summed E-state index contributed by atoms with van der Waals surface area (Å²) in [6.07, 6.45) is -9.45. The van der Waals surface area contributed by atoms with Crippen molar-refractivity contribution in [3.05, 3.63) is 34.9 Å². The molecule has 2 atom stereocenters. The SMILES string of the molecule is NCC1(CO)CC1c1cc(C(F)(F)F)cc(C(F)(F)F)c1. The van der Waals surface area contributed by atoms with Crippen molar-refractivity contribution in [3.63, 3.8) is 0 Å². The van der Waals surface area contributed by atoms with Crippen LogP contribution in [0.5, 0.6) is 0 Å². The van der Waals surface area contributed by atoms with Gasteiger partial charge < -0.3 is 10.8 Å². The van der Waals surface area contributed by atoms with Gasteiger partial charge in [-0.2, -0.15) is 26.3 Å². The Hall–Kier alpha value is -1.28. The summed E-state index contributed by atoms with van der Waals surface area (Å²) in [6.45, 7) is -0.364. The van der Waals surface area contributed by atoms with Crippen molar-refractivity contribution in [2.75, 3.05) is 13.2 Å². The number of alkyl halides is 6. The summed E-state index contributed by atoms with van der Waals surface area (Å²) in [6, 6.07) is 1.49. The molecule has 0 aliphatic heterocycles. The van der Waals surface area contributed by atoms with Crippen LogP contribution in [0.3, 0.4) is 0 Å². The van der Waals surface area contributed by atoms with E-state index in [9.17, 15) is 31.4 Å². The van der Waals surface area contributed by atoms with Crippen molar-refractivity contribution in [2.24, 2.45) is 11.1 Å². The van der Waals surface area contributed by atoms with Gasteiger partial charge in [-0.05, 0) is 36.1 Å². The normalized spacial score (nSPS) is 26.0. The molecule has 2 unspecified atom stereocenters. The number of aliphatic hydroxyl groups is 1. The lowest BCUT2D eigenvalue weighted by molar-refractivity contribution is -0.143. The van der Waals surface area contributed by atoms with Crippen LogP contribution in [0.4, 0.5) is 26.3 Å². The fourth-order valence-electron chi connectivity index (χ4n) is 2.46. The molecule has 1 fully saturated rings. The Kier molecular flexibility index (Phi) is 3.74. The van der Waals surface area contributed by atoms with Gasteiger partial charge in [-0.3, -0.25) is 0 Å². The molecule has 1 aromatic rings. The summed E-state index contributed by atoms with van der Waals surface area (Å²) < 4.78 is 76.4. The highest BCUT2D eigenvalue weighted by Gasteiger charge is 2.54. The predicted molar refractivity (Wildman–Crippen MR) is 62.4 cm³/mol. The second-order valence-corrected chi connectivity index (χ2v) is 5.32. The number of rotatable bonds is 3. The minimum absolute atomic E-state index is 0.00572. The van der Waals surface area contributed by atoms with Gasteiger partial charge in [-0.25, -0.2) is 0 Å². The number of hydrogen-bond donors (Lipinski definition) is 2. The first-order valence-electron chi connectivity index (χ1n) is 6.14. The molecular formula is C13H13F6NO. The summed E-state index contributed by atoms with van der Waals surface area (Å²) in [5.74, 6) is -0.587. The third kappa shape index (κ3) is 3.01. The first-order valence-corrected chi connectivity index (χ1v) is 6.14. The second-order valence-electron chi connectivity index (χ2n) is 5.32. The van der Waals surface area contributed by atoms with Crippen LogP contribution in [0.2, 0.25) is 0 Å². The molecule has 1 saturated carbocycles. The highest BCUT2D eigenvalue weighted by molar-refractivity contribution is 5.39. The zero-order chi connectivity index (χ0) is 16.1. The molecular weight excluding hydrogens is 300 g/mol. The molecule has 0 spiro atoms. The van der Waals surface area contributed by atoms with E-state index in [1.165, 1.54) is 0 Å². The van der Waals surface area contributed by atoms with Crippen LogP contribution < -0.4 is 5.73 Å². The van der Waals surface area contributed by atoms with E-state index in [0.717, 1.165) is 0 Å². The van der Waals surface area contributed by atoms with Crippen LogP contribution in [0, 0.1) is 5.41 Å². The molecule has 0 saturated heterocycles. The number of aliphatic hydroxyl groups excluding tert-OH is 1. The second kappa shape index (κ2) is 4.88. The molecule has 118 valence electrons.